The summed E-state index contributed by atoms with van der Waals surface area (Å²) in [6.07, 6.45) is 9.58. The quantitative estimate of drug-likeness (QED) is 0.862. The number of carbonyl (C=O) groups is 1. The van der Waals surface area contributed by atoms with Crippen molar-refractivity contribution in [2.24, 2.45) is 22.7 Å². The molecule has 1 aromatic heterocycles. The SMILES string of the molecule is C[C@@H]1CC[C@]23COC(=O)C2=C[C@H](O)C[C@@H]3[C@]1(C)CCc1ccoc1. The molecule has 1 spiro atoms. The van der Waals surface area contributed by atoms with Gasteiger partial charge in [0.05, 0.1) is 18.6 Å². The Bertz CT molecular complexity index is 661. The predicted octanol–water partition coefficient (Wildman–Crippen LogP) is 3.50. The standard InChI is InChI=1S/C20H26O4/c1-13-3-7-20-12-24-18(22)16(20)9-15(21)10-17(20)19(13,2)6-4-14-5-8-23-11-14/h5,8-9,11,13,15,17,21H,3-4,6-7,10,12H2,1-2H3/t13-,15+,17-,19-,20+/m1/s1. The first-order valence-corrected chi connectivity index (χ1v) is 9.04. The molecule has 1 saturated carbocycles. The maximum Gasteiger partial charge on any atom is 0.334 e. The number of furan rings is 1. The van der Waals surface area contributed by atoms with Crippen molar-refractivity contribution in [2.75, 3.05) is 6.61 Å². The first-order chi connectivity index (χ1) is 11.5. The summed E-state index contributed by atoms with van der Waals surface area (Å²) in [4.78, 5) is 12.2. The lowest BCUT2D eigenvalue weighted by Crippen LogP contribution is -2.53. The fraction of sp³-hybridized carbons (Fsp3) is 0.650. The molecular weight excluding hydrogens is 304 g/mol. The molecule has 4 nitrogen and oxygen atoms in total. The summed E-state index contributed by atoms with van der Waals surface area (Å²) >= 11 is 0. The number of hydrogen-bond acceptors (Lipinski definition) is 4. The summed E-state index contributed by atoms with van der Waals surface area (Å²) in [5.41, 5.74) is 1.85. The maximum atomic E-state index is 12.2. The molecule has 0 aromatic carbocycles. The van der Waals surface area contributed by atoms with Crippen molar-refractivity contribution in [2.45, 2.75) is 52.1 Å². The number of aliphatic hydroxyl groups excluding tert-OH is 1. The Balaban J connectivity index is 1.69. The van der Waals surface area contributed by atoms with E-state index in [2.05, 4.69) is 13.8 Å². The fourth-order valence-electron chi connectivity index (χ4n) is 5.50. The van der Waals surface area contributed by atoms with E-state index in [0.717, 1.165) is 37.7 Å². The first-order valence-electron chi connectivity index (χ1n) is 9.04. The molecule has 5 atom stereocenters. The summed E-state index contributed by atoms with van der Waals surface area (Å²) < 4.78 is 10.7. The maximum absolute atomic E-state index is 12.2. The molecule has 2 heterocycles. The Labute approximate surface area is 142 Å². The highest BCUT2D eigenvalue weighted by Gasteiger charge is 2.61. The number of hydrogen-bond donors (Lipinski definition) is 1. The van der Waals surface area contributed by atoms with Gasteiger partial charge in [-0.15, -0.1) is 0 Å². The highest BCUT2D eigenvalue weighted by Crippen LogP contribution is 2.63. The minimum absolute atomic E-state index is 0.0734. The molecular formula is C20H26O4. The molecule has 2 aliphatic carbocycles. The lowest BCUT2D eigenvalue weighted by Gasteiger charge is -2.57. The smallest absolute Gasteiger partial charge is 0.334 e. The fourth-order valence-corrected chi connectivity index (χ4v) is 5.50. The Morgan fingerprint density at radius 2 is 2.25 bits per heavy atom. The molecule has 0 radical (unpaired) electrons. The molecule has 0 bridgehead atoms. The third kappa shape index (κ3) is 2.19. The minimum Gasteiger partial charge on any atom is -0.472 e. The molecule has 130 valence electrons. The second-order valence-corrected chi connectivity index (χ2v) is 8.25. The predicted molar refractivity (Wildman–Crippen MR) is 89.1 cm³/mol. The molecule has 1 aromatic rings. The van der Waals surface area contributed by atoms with Crippen molar-refractivity contribution in [1.82, 2.24) is 0 Å². The van der Waals surface area contributed by atoms with Crippen LogP contribution in [0.2, 0.25) is 0 Å². The highest BCUT2D eigenvalue weighted by atomic mass is 16.5. The van der Waals surface area contributed by atoms with Crippen molar-refractivity contribution < 1.29 is 19.1 Å². The summed E-state index contributed by atoms with van der Waals surface area (Å²) in [6.45, 7) is 5.16. The number of cyclic esters (lactones) is 1. The highest BCUT2D eigenvalue weighted by molar-refractivity contribution is 5.92. The summed E-state index contributed by atoms with van der Waals surface area (Å²) in [5, 5.41) is 10.4. The third-order valence-corrected chi connectivity index (χ3v) is 7.20. The van der Waals surface area contributed by atoms with Crippen LogP contribution in [0.1, 0.15) is 45.1 Å². The van der Waals surface area contributed by atoms with Crippen LogP contribution in [0.15, 0.2) is 34.7 Å². The van der Waals surface area contributed by atoms with Gasteiger partial charge in [0, 0.05) is 11.0 Å². The van der Waals surface area contributed by atoms with E-state index in [-0.39, 0.29) is 22.7 Å². The molecule has 2 fully saturated rings. The summed E-state index contributed by atoms with van der Waals surface area (Å²) in [7, 11) is 0. The van der Waals surface area contributed by atoms with Crippen LogP contribution in [0, 0.1) is 22.7 Å². The molecule has 1 saturated heterocycles. The minimum atomic E-state index is -0.540. The van der Waals surface area contributed by atoms with E-state index in [1.165, 1.54) is 5.56 Å². The van der Waals surface area contributed by atoms with Crippen LogP contribution in [-0.4, -0.2) is 23.8 Å². The van der Waals surface area contributed by atoms with E-state index in [4.69, 9.17) is 9.15 Å². The van der Waals surface area contributed by atoms with E-state index >= 15 is 0 Å². The number of carbonyl (C=O) groups excluding carboxylic acids is 1. The molecule has 1 aliphatic heterocycles. The average molecular weight is 330 g/mol. The van der Waals surface area contributed by atoms with Crippen molar-refractivity contribution in [1.29, 1.82) is 0 Å². The number of rotatable bonds is 3. The van der Waals surface area contributed by atoms with Gasteiger partial charge in [-0.25, -0.2) is 4.79 Å². The van der Waals surface area contributed by atoms with E-state index in [0.29, 0.717) is 12.5 Å². The molecule has 1 N–H and O–H groups in total. The van der Waals surface area contributed by atoms with E-state index in [9.17, 15) is 9.90 Å². The van der Waals surface area contributed by atoms with Gasteiger partial charge in [-0.2, -0.15) is 0 Å². The Hall–Kier alpha value is -1.55. The zero-order valence-corrected chi connectivity index (χ0v) is 14.5. The van der Waals surface area contributed by atoms with Crippen LogP contribution in [0.3, 0.4) is 0 Å². The zero-order valence-electron chi connectivity index (χ0n) is 14.5. The van der Waals surface area contributed by atoms with E-state index in [1.54, 1.807) is 12.3 Å². The Morgan fingerprint density at radius 3 is 3.00 bits per heavy atom. The van der Waals surface area contributed by atoms with Gasteiger partial charge >= 0.3 is 5.97 Å². The van der Waals surface area contributed by atoms with Gasteiger partial charge in [0.2, 0.25) is 0 Å². The second-order valence-electron chi connectivity index (χ2n) is 8.25. The van der Waals surface area contributed by atoms with E-state index in [1.807, 2.05) is 12.3 Å². The topological polar surface area (TPSA) is 59.7 Å². The van der Waals surface area contributed by atoms with Gasteiger partial charge in [0.1, 0.15) is 6.61 Å². The molecule has 24 heavy (non-hydrogen) atoms. The molecule has 3 aliphatic rings. The van der Waals surface area contributed by atoms with Crippen LogP contribution in [0.25, 0.3) is 0 Å². The number of aliphatic hydroxyl groups is 1. The van der Waals surface area contributed by atoms with Gasteiger partial charge in [0.25, 0.3) is 0 Å². The second kappa shape index (κ2) is 5.48. The number of aryl methyl sites for hydroxylation is 1. The number of esters is 1. The van der Waals surface area contributed by atoms with Gasteiger partial charge in [-0.3, -0.25) is 0 Å². The van der Waals surface area contributed by atoms with Crippen LogP contribution >= 0.6 is 0 Å². The third-order valence-electron chi connectivity index (χ3n) is 7.20. The van der Waals surface area contributed by atoms with E-state index < -0.39 is 6.10 Å². The largest absolute Gasteiger partial charge is 0.472 e. The number of ether oxygens (including phenoxy) is 1. The first kappa shape index (κ1) is 15.9. The molecule has 0 amide bonds. The average Bonchev–Trinajstić information content (AvgIpc) is 3.18. The van der Waals surface area contributed by atoms with Gasteiger partial charge < -0.3 is 14.3 Å². The van der Waals surface area contributed by atoms with Crippen LogP contribution in [0.4, 0.5) is 0 Å². The summed E-state index contributed by atoms with van der Waals surface area (Å²) in [5.74, 6) is 0.620. The summed E-state index contributed by atoms with van der Waals surface area (Å²) in [6, 6.07) is 2.02. The van der Waals surface area contributed by atoms with Gasteiger partial charge in [-0.05, 0) is 67.1 Å². The van der Waals surface area contributed by atoms with Gasteiger partial charge in [-0.1, -0.05) is 13.8 Å². The van der Waals surface area contributed by atoms with Crippen LogP contribution in [-0.2, 0) is 16.0 Å². The monoisotopic (exact) mass is 330 g/mol. The normalized spacial score (nSPS) is 41.4. The lowest BCUT2D eigenvalue weighted by atomic mass is 9.46. The van der Waals surface area contributed by atoms with Crippen molar-refractivity contribution in [3.63, 3.8) is 0 Å². The van der Waals surface area contributed by atoms with Gasteiger partial charge in [0.15, 0.2) is 0 Å². The van der Waals surface area contributed by atoms with Crippen molar-refractivity contribution >= 4 is 5.97 Å². The lowest BCUT2D eigenvalue weighted by molar-refractivity contribution is -0.135. The van der Waals surface area contributed by atoms with Crippen LogP contribution in [0.5, 0.6) is 0 Å². The van der Waals surface area contributed by atoms with Crippen molar-refractivity contribution in [3.05, 3.63) is 35.8 Å². The molecule has 4 rings (SSSR count). The Morgan fingerprint density at radius 1 is 1.42 bits per heavy atom. The molecule has 4 heteroatoms. The zero-order chi connectivity index (χ0) is 16.9. The van der Waals surface area contributed by atoms with Crippen LogP contribution < -0.4 is 0 Å². The Kier molecular flexibility index (Phi) is 3.64. The molecule has 0 unspecified atom stereocenters. The van der Waals surface area contributed by atoms with Crippen molar-refractivity contribution in [3.8, 4) is 0 Å².